The summed E-state index contributed by atoms with van der Waals surface area (Å²) in [6.45, 7) is 2.41. The van der Waals surface area contributed by atoms with Crippen LogP contribution in [0.15, 0.2) is 6.20 Å². The van der Waals surface area contributed by atoms with E-state index in [1.54, 1.807) is 0 Å². The van der Waals surface area contributed by atoms with Gasteiger partial charge in [0.1, 0.15) is 0 Å². The lowest BCUT2D eigenvalue weighted by atomic mass is 9.71. The Balaban J connectivity index is 1.88. The number of H-pyrrole nitrogens is 1. The lowest BCUT2D eigenvalue weighted by Crippen LogP contribution is -2.39. The van der Waals surface area contributed by atoms with Crippen molar-refractivity contribution in [1.29, 1.82) is 0 Å². The number of nitrogens with zero attached hydrogens (tertiary/aromatic N) is 6. The van der Waals surface area contributed by atoms with E-state index in [4.69, 9.17) is 0 Å². The average molecular weight is 291 g/mol. The minimum absolute atomic E-state index is 0.254. The molecule has 0 aliphatic heterocycles. The number of aliphatic carboxylic acids is 1. The topological polar surface area (TPSA) is 122 Å². The highest BCUT2D eigenvalue weighted by Gasteiger charge is 2.42. The molecule has 0 amide bonds. The summed E-state index contributed by atoms with van der Waals surface area (Å²) in [5.74, 6) is 0.223. The number of rotatable bonds is 4. The Labute approximate surface area is 120 Å². The first-order chi connectivity index (χ1) is 10.1. The molecule has 21 heavy (non-hydrogen) atoms. The molecule has 0 atom stereocenters. The van der Waals surface area contributed by atoms with Crippen LogP contribution in [0.5, 0.6) is 0 Å². The van der Waals surface area contributed by atoms with Crippen LogP contribution in [-0.2, 0) is 11.3 Å². The van der Waals surface area contributed by atoms with Crippen LogP contribution in [0.1, 0.15) is 32.6 Å². The van der Waals surface area contributed by atoms with Crippen molar-refractivity contribution in [3.05, 3.63) is 6.20 Å². The van der Waals surface area contributed by atoms with Crippen molar-refractivity contribution >= 4 is 5.97 Å². The predicted octanol–water partition coefficient (Wildman–Crippen LogP) is 0.739. The van der Waals surface area contributed by atoms with Gasteiger partial charge < -0.3 is 5.11 Å². The zero-order valence-electron chi connectivity index (χ0n) is 11.7. The van der Waals surface area contributed by atoms with E-state index in [9.17, 15) is 9.90 Å². The molecule has 0 spiro atoms. The highest BCUT2D eigenvalue weighted by atomic mass is 16.4. The van der Waals surface area contributed by atoms with E-state index in [0.29, 0.717) is 30.3 Å². The quantitative estimate of drug-likeness (QED) is 0.851. The van der Waals surface area contributed by atoms with E-state index < -0.39 is 11.4 Å². The first kappa shape index (κ1) is 13.7. The number of carboxylic acids is 1. The highest BCUT2D eigenvalue weighted by molar-refractivity contribution is 5.74. The number of hydrogen-bond donors (Lipinski definition) is 2. The van der Waals surface area contributed by atoms with Crippen LogP contribution in [-0.4, -0.2) is 46.7 Å². The zero-order valence-corrected chi connectivity index (χ0v) is 11.7. The van der Waals surface area contributed by atoms with Gasteiger partial charge in [-0.1, -0.05) is 6.92 Å². The fourth-order valence-electron chi connectivity index (χ4n) is 2.84. The number of aromatic amines is 1. The zero-order chi connectivity index (χ0) is 14.9. The molecular weight excluding hydrogens is 274 g/mol. The van der Waals surface area contributed by atoms with E-state index in [0.717, 1.165) is 12.8 Å². The van der Waals surface area contributed by atoms with Gasteiger partial charge in [0.25, 0.3) is 0 Å². The Morgan fingerprint density at radius 2 is 2.29 bits per heavy atom. The van der Waals surface area contributed by atoms with Crippen molar-refractivity contribution in [2.75, 3.05) is 0 Å². The van der Waals surface area contributed by atoms with Crippen molar-refractivity contribution < 1.29 is 9.90 Å². The summed E-state index contributed by atoms with van der Waals surface area (Å²) in [4.78, 5) is 11.8. The Kier molecular flexibility index (Phi) is 3.40. The molecule has 1 saturated carbocycles. The molecule has 112 valence electrons. The number of carboxylic acid groups (broad SMARTS) is 1. The maximum absolute atomic E-state index is 11.8. The van der Waals surface area contributed by atoms with E-state index in [1.165, 1.54) is 10.9 Å². The molecule has 1 aliphatic rings. The van der Waals surface area contributed by atoms with Crippen LogP contribution in [0.4, 0.5) is 0 Å². The maximum atomic E-state index is 11.8. The van der Waals surface area contributed by atoms with Gasteiger partial charge in [-0.05, 0) is 42.0 Å². The van der Waals surface area contributed by atoms with E-state index in [1.807, 2.05) is 0 Å². The van der Waals surface area contributed by atoms with Gasteiger partial charge in [0.15, 0.2) is 5.69 Å². The van der Waals surface area contributed by atoms with Crippen LogP contribution in [0.3, 0.4) is 0 Å². The number of hydrogen-bond acceptors (Lipinski definition) is 6. The lowest BCUT2D eigenvalue weighted by molar-refractivity contribution is -0.152. The summed E-state index contributed by atoms with van der Waals surface area (Å²) in [7, 11) is 0. The molecule has 9 nitrogen and oxygen atoms in total. The van der Waals surface area contributed by atoms with Crippen molar-refractivity contribution in [3.8, 4) is 11.5 Å². The molecule has 2 aromatic heterocycles. The Morgan fingerprint density at radius 3 is 2.90 bits per heavy atom. The van der Waals surface area contributed by atoms with Gasteiger partial charge in [-0.25, -0.2) is 4.68 Å². The number of tetrazole rings is 1. The fraction of sp³-hybridized carbons (Fsp3) is 0.667. The van der Waals surface area contributed by atoms with Gasteiger partial charge in [0.2, 0.25) is 5.82 Å². The molecule has 3 rings (SSSR count). The number of nitrogens with one attached hydrogen (secondary N) is 1. The Hall–Kier alpha value is -2.32. The van der Waals surface area contributed by atoms with Crippen molar-refractivity contribution in [1.82, 2.24) is 35.6 Å². The second-order valence-corrected chi connectivity index (χ2v) is 5.78. The molecule has 1 fully saturated rings. The molecular formula is C12H17N7O2. The van der Waals surface area contributed by atoms with Crippen LogP contribution in [0.25, 0.3) is 11.5 Å². The molecule has 0 radical (unpaired) electrons. The van der Waals surface area contributed by atoms with E-state index in [2.05, 4.69) is 37.9 Å². The number of aromatic nitrogens is 7. The second-order valence-electron chi connectivity index (χ2n) is 5.78. The van der Waals surface area contributed by atoms with Crippen LogP contribution in [0.2, 0.25) is 0 Å². The second kappa shape index (κ2) is 5.23. The van der Waals surface area contributed by atoms with Crippen LogP contribution >= 0.6 is 0 Å². The molecule has 2 heterocycles. The Morgan fingerprint density at radius 1 is 1.52 bits per heavy atom. The smallest absolute Gasteiger partial charge is 0.311 e. The first-order valence-electron chi connectivity index (χ1n) is 6.96. The molecule has 0 saturated heterocycles. The van der Waals surface area contributed by atoms with Gasteiger partial charge in [-0.15, -0.1) is 5.10 Å². The van der Waals surface area contributed by atoms with E-state index in [-0.39, 0.29) is 6.54 Å². The third-order valence-corrected chi connectivity index (χ3v) is 4.31. The molecule has 0 unspecified atom stereocenters. The highest BCUT2D eigenvalue weighted by Crippen LogP contribution is 2.40. The third kappa shape index (κ3) is 2.50. The fourth-order valence-corrected chi connectivity index (χ4v) is 2.84. The average Bonchev–Trinajstić information content (AvgIpc) is 3.12. The van der Waals surface area contributed by atoms with Gasteiger partial charge >= 0.3 is 5.97 Å². The predicted molar refractivity (Wildman–Crippen MR) is 70.9 cm³/mol. The van der Waals surface area contributed by atoms with Gasteiger partial charge in [-0.2, -0.15) is 15.4 Å². The molecule has 0 aromatic carbocycles. The molecule has 0 bridgehead atoms. The van der Waals surface area contributed by atoms with Crippen molar-refractivity contribution in [2.24, 2.45) is 11.3 Å². The largest absolute Gasteiger partial charge is 0.481 e. The van der Waals surface area contributed by atoms with E-state index >= 15 is 0 Å². The third-order valence-electron chi connectivity index (χ3n) is 4.31. The summed E-state index contributed by atoms with van der Waals surface area (Å²) < 4.78 is 1.52. The molecule has 1 aliphatic carbocycles. The minimum atomic E-state index is -0.805. The first-order valence-corrected chi connectivity index (χ1v) is 6.96. The molecule has 2 aromatic rings. The minimum Gasteiger partial charge on any atom is -0.481 e. The summed E-state index contributed by atoms with van der Waals surface area (Å²) in [6.07, 6.45) is 4.61. The molecule has 9 heteroatoms. The lowest BCUT2D eigenvalue weighted by Gasteiger charge is -2.35. The monoisotopic (exact) mass is 291 g/mol. The van der Waals surface area contributed by atoms with Crippen LogP contribution < -0.4 is 0 Å². The summed E-state index contributed by atoms with van der Waals surface area (Å²) in [5.41, 5.74) is -0.301. The van der Waals surface area contributed by atoms with Crippen molar-refractivity contribution in [3.63, 3.8) is 0 Å². The Bertz CT molecular complexity index is 613. The maximum Gasteiger partial charge on any atom is 0.311 e. The standard InChI is InChI=1S/C12H17N7O2/c1-8-2-4-12(5-3-8,11(20)21)7-19-10(15-17-18-19)9-6-13-16-14-9/h6,8H,2-5,7H2,1H3,(H,20,21)(H,13,14,16). The summed E-state index contributed by atoms with van der Waals surface area (Å²) in [6, 6.07) is 0. The number of carbonyl (C=O) groups is 1. The van der Waals surface area contributed by atoms with Gasteiger partial charge in [0.05, 0.1) is 18.2 Å². The van der Waals surface area contributed by atoms with Crippen molar-refractivity contribution in [2.45, 2.75) is 39.2 Å². The SMILES string of the molecule is CC1CCC(Cn2nnnc2-c2cn[nH]n2)(C(=O)O)CC1. The summed E-state index contributed by atoms with van der Waals surface area (Å²) in [5, 5.41) is 31.3. The molecule has 2 N–H and O–H groups in total. The summed E-state index contributed by atoms with van der Waals surface area (Å²) >= 11 is 0. The van der Waals surface area contributed by atoms with Gasteiger partial charge in [-0.3, -0.25) is 4.79 Å². The normalized spacial score (nSPS) is 25.9. The van der Waals surface area contributed by atoms with Gasteiger partial charge in [0, 0.05) is 0 Å². The van der Waals surface area contributed by atoms with Crippen LogP contribution in [0, 0.1) is 11.3 Å².